The summed E-state index contributed by atoms with van der Waals surface area (Å²) in [4.78, 5) is 14.7. The maximum absolute atomic E-state index is 13.3. The number of likely N-dealkylation sites (tertiary alicyclic amines) is 1. The number of carbonyl (C=O) groups excluding carboxylic acids is 1. The first-order valence-corrected chi connectivity index (χ1v) is 10.3. The fraction of sp³-hybridized carbons (Fsp3) is 0.667. The Kier molecular flexibility index (Phi) is 9.14. The van der Waals surface area contributed by atoms with Gasteiger partial charge in [-0.25, -0.2) is 8.78 Å². The van der Waals surface area contributed by atoms with Crippen molar-refractivity contribution >= 4 is 30.7 Å². The second kappa shape index (κ2) is 10.9. The van der Waals surface area contributed by atoms with Crippen LogP contribution in [0.5, 0.6) is 0 Å². The number of nitrogens with one attached hydrogen (secondary N) is 2. The molecule has 2 bridgehead atoms. The van der Waals surface area contributed by atoms with Gasteiger partial charge in [0, 0.05) is 44.2 Å². The predicted octanol–water partition coefficient (Wildman–Crippen LogP) is 3.81. The zero-order valence-electron chi connectivity index (χ0n) is 16.5. The van der Waals surface area contributed by atoms with Gasteiger partial charge in [-0.15, -0.1) is 24.8 Å². The fourth-order valence-electron chi connectivity index (χ4n) is 5.02. The monoisotopic (exact) mass is 449 g/mol. The Bertz CT molecular complexity index is 674. The third-order valence-corrected chi connectivity index (χ3v) is 6.39. The molecule has 3 heterocycles. The summed E-state index contributed by atoms with van der Waals surface area (Å²) in [7, 11) is 0. The Labute approximate surface area is 184 Å². The van der Waals surface area contributed by atoms with Gasteiger partial charge in [0.25, 0.3) is 0 Å². The van der Waals surface area contributed by atoms with Crippen LogP contribution in [0.15, 0.2) is 18.2 Å². The van der Waals surface area contributed by atoms with Gasteiger partial charge in [-0.05, 0) is 62.1 Å². The molecule has 0 saturated carbocycles. The zero-order chi connectivity index (χ0) is 18.8. The molecule has 2 atom stereocenters. The topological polar surface area (TPSA) is 44.4 Å². The van der Waals surface area contributed by atoms with E-state index in [1.54, 1.807) is 6.07 Å². The third kappa shape index (κ3) is 6.51. The quantitative estimate of drug-likeness (QED) is 0.717. The second-order valence-electron chi connectivity index (χ2n) is 8.55. The summed E-state index contributed by atoms with van der Waals surface area (Å²) >= 11 is 0. The van der Waals surface area contributed by atoms with Crippen molar-refractivity contribution < 1.29 is 13.6 Å². The summed E-state index contributed by atoms with van der Waals surface area (Å²) in [6.07, 6.45) is 7.27. The van der Waals surface area contributed by atoms with Gasteiger partial charge in [0.05, 0.1) is 0 Å². The van der Waals surface area contributed by atoms with E-state index in [9.17, 15) is 13.6 Å². The van der Waals surface area contributed by atoms with Crippen molar-refractivity contribution in [3.05, 3.63) is 35.4 Å². The summed E-state index contributed by atoms with van der Waals surface area (Å²) in [6, 6.07) is 5.58. The number of hydrogen-bond acceptors (Lipinski definition) is 3. The summed E-state index contributed by atoms with van der Waals surface area (Å²) in [5.74, 6) is -0.875. The van der Waals surface area contributed by atoms with Crippen LogP contribution < -0.4 is 10.6 Å². The van der Waals surface area contributed by atoms with E-state index in [2.05, 4.69) is 15.5 Å². The molecular formula is C21H31Cl2F2N3O. The lowest BCUT2D eigenvalue weighted by atomic mass is 9.89. The number of piperidine rings is 2. The number of rotatable bonds is 5. The highest BCUT2D eigenvalue weighted by atomic mass is 35.5. The minimum absolute atomic E-state index is 0. The molecular weight excluding hydrogens is 419 g/mol. The Morgan fingerprint density at radius 2 is 1.69 bits per heavy atom. The molecule has 0 radical (unpaired) electrons. The Balaban J connectivity index is 0.00000150. The molecule has 3 aliphatic rings. The molecule has 0 aromatic heterocycles. The number of halogens is 4. The van der Waals surface area contributed by atoms with E-state index < -0.39 is 11.6 Å². The van der Waals surface area contributed by atoms with E-state index >= 15 is 0 Å². The van der Waals surface area contributed by atoms with Crippen molar-refractivity contribution in [3.8, 4) is 0 Å². The minimum atomic E-state index is -0.804. The molecule has 1 amide bonds. The highest BCUT2D eigenvalue weighted by Crippen LogP contribution is 2.32. The fourth-order valence-corrected chi connectivity index (χ4v) is 5.02. The van der Waals surface area contributed by atoms with Crippen LogP contribution in [0.25, 0.3) is 0 Å². The van der Waals surface area contributed by atoms with Crippen LogP contribution in [-0.2, 0) is 11.3 Å². The number of benzene rings is 1. The summed E-state index contributed by atoms with van der Waals surface area (Å²) < 4.78 is 26.4. The van der Waals surface area contributed by atoms with Crippen LogP contribution in [-0.4, -0.2) is 42.0 Å². The van der Waals surface area contributed by atoms with E-state index in [1.807, 2.05) is 0 Å². The lowest BCUT2D eigenvalue weighted by molar-refractivity contribution is -0.123. The standard InChI is InChI=1S/C21H29F2N3O.2ClH/c22-19-4-1-14(11-20(19)23)13-26-7-5-16(6-8-26)25-21(27)12-15-9-17-2-3-18(10-15)24-17;;/h1,4,11,15-18,24H,2-3,5-10,12-13H2,(H,25,27);2*1H. The first-order valence-electron chi connectivity index (χ1n) is 10.3. The molecule has 1 aromatic rings. The minimum Gasteiger partial charge on any atom is -0.353 e. The maximum Gasteiger partial charge on any atom is 0.220 e. The Morgan fingerprint density at radius 3 is 2.31 bits per heavy atom. The molecule has 3 aliphatic heterocycles. The zero-order valence-corrected chi connectivity index (χ0v) is 18.2. The summed E-state index contributed by atoms with van der Waals surface area (Å²) in [6.45, 7) is 2.35. The molecule has 2 N–H and O–H groups in total. The molecule has 0 aliphatic carbocycles. The first kappa shape index (κ1) is 24.3. The average Bonchev–Trinajstić information content (AvgIpc) is 2.98. The highest BCUT2D eigenvalue weighted by Gasteiger charge is 2.34. The smallest absolute Gasteiger partial charge is 0.220 e. The summed E-state index contributed by atoms with van der Waals surface area (Å²) in [5.41, 5.74) is 0.789. The van der Waals surface area contributed by atoms with Gasteiger partial charge in [-0.2, -0.15) is 0 Å². The van der Waals surface area contributed by atoms with Crippen molar-refractivity contribution in [2.45, 2.75) is 69.6 Å². The van der Waals surface area contributed by atoms with Crippen LogP contribution in [0.1, 0.15) is 50.5 Å². The highest BCUT2D eigenvalue weighted by molar-refractivity contribution is 5.85. The normalized spacial score (nSPS) is 27.0. The van der Waals surface area contributed by atoms with Crippen LogP contribution >= 0.6 is 24.8 Å². The third-order valence-electron chi connectivity index (χ3n) is 6.39. The van der Waals surface area contributed by atoms with Gasteiger partial charge >= 0.3 is 0 Å². The van der Waals surface area contributed by atoms with Crippen molar-refractivity contribution in [1.82, 2.24) is 15.5 Å². The molecule has 8 heteroatoms. The van der Waals surface area contributed by atoms with E-state index in [0.717, 1.165) is 44.3 Å². The largest absolute Gasteiger partial charge is 0.353 e. The van der Waals surface area contributed by atoms with Gasteiger partial charge in [-0.1, -0.05) is 6.07 Å². The van der Waals surface area contributed by atoms with Gasteiger partial charge < -0.3 is 10.6 Å². The van der Waals surface area contributed by atoms with Crippen LogP contribution in [0, 0.1) is 17.6 Å². The number of carbonyl (C=O) groups is 1. The maximum atomic E-state index is 13.3. The Hall–Kier alpha value is -0.950. The molecule has 4 rings (SSSR count). The number of nitrogens with zero attached hydrogens (tertiary/aromatic N) is 1. The molecule has 4 nitrogen and oxygen atoms in total. The average molecular weight is 450 g/mol. The molecule has 2 unspecified atom stereocenters. The van der Waals surface area contributed by atoms with E-state index in [-0.39, 0.29) is 36.8 Å². The van der Waals surface area contributed by atoms with Crippen LogP contribution in [0.3, 0.4) is 0 Å². The summed E-state index contributed by atoms with van der Waals surface area (Å²) in [5, 5.41) is 6.85. The van der Waals surface area contributed by atoms with Gasteiger partial charge in [0.1, 0.15) is 0 Å². The number of amides is 1. The lowest BCUT2D eigenvalue weighted by Crippen LogP contribution is -2.45. The van der Waals surface area contributed by atoms with E-state index in [0.29, 0.717) is 31.0 Å². The van der Waals surface area contributed by atoms with Crippen molar-refractivity contribution in [1.29, 1.82) is 0 Å². The van der Waals surface area contributed by atoms with Gasteiger partial charge in [-0.3, -0.25) is 9.69 Å². The molecule has 164 valence electrons. The molecule has 3 fully saturated rings. The van der Waals surface area contributed by atoms with E-state index in [1.165, 1.54) is 25.0 Å². The molecule has 0 spiro atoms. The van der Waals surface area contributed by atoms with Crippen LogP contribution in [0.4, 0.5) is 8.78 Å². The molecule has 29 heavy (non-hydrogen) atoms. The van der Waals surface area contributed by atoms with Gasteiger partial charge in [0.2, 0.25) is 5.91 Å². The predicted molar refractivity (Wildman–Crippen MR) is 115 cm³/mol. The van der Waals surface area contributed by atoms with Crippen molar-refractivity contribution in [2.75, 3.05) is 13.1 Å². The van der Waals surface area contributed by atoms with Gasteiger partial charge in [0.15, 0.2) is 11.6 Å². The molecule has 3 saturated heterocycles. The first-order chi connectivity index (χ1) is 13.0. The molecule has 1 aromatic carbocycles. The van der Waals surface area contributed by atoms with E-state index in [4.69, 9.17) is 0 Å². The Morgan fingerprint density at radius 1 is 1.03 bits per heavy atom. The lowest BCUT2D eigenvalue weighted by Gasteiger charge is -2.33. The second-order valence-corrected chi connectivity index (χ2v) is 8.55. The van der Waals surface area contributed by atoms with Crippen molar-refractivity contribution in [2.24, 2.45) is 5.92 Å². The number of hydrogen-bond donors (Lipinski definition) is 2. The SMILES string of the molecule is Cl.Cl.O=C(CC1CC2CCC(C1)N2)NC1CCN(Cc2ccc(F)c(F)c2)CC1. The van der Waals surface area contributed by atoms with Crippen molar-refractivity contribution in [3.63, 3.8) is 0 Å². The number of fused-ring (bicyclic) bond motifs is 2. The van der Waals surface area contributed by atoms with Crippen LogP contribution in [0.2, 0.25) is 0 Å².